The number of carbonyl (C=O) groups excluding carboxylic acids is 1. The Morgan fingerprint density at radius 3 is 2.10 bits per heavy atom. The normalized spacial score (nSPS) is 22.8. The third-order valence-electron chi connectivity index (χ3n) is 4.70. The van der Waals surface area contributed by atoms with E-state index in [-0.39, 0.29) is 11.4 Å². The minimum Gasteiger partial charge on any atom is -0.368 e. The summed E-state index contributed by atoms with van der Waals surface area (Å²) in [6, 6.07) is 0.351. The molecule has 0 aliphatic carbocycles. The van der Waals surface area contributed by atoms with Crippen LogP contribution in [0.1, 0.15) is 48.0 Å². The highest BCUT2D eigenvalue weighted by Crippen LogP contribution is 2.21. The molecule has 0 bridgehead atoms. The Morgan fingerprint density at radius 2 is 1.71 bits per heavy atom. The standard InChI is InChI=1S/C16H34N4O/c1-7-18-16(6,14(17)21)12-13(2)19-8-10-20(11-9-19)15(3,4)5/h13,18H,7-12H2,1-6H3,(H2,17,21). The molecule has 0 spiro atoms. The summed E-state index contributed by atoms with van der Waals surface area (Å²) in [6.07, 6.45) is 0.756. The SMILES string of the molecule is CCNC(C)(CC(C)N1CCN(C(C)(C)C)CC1)C(N)=O. The predicted octanol–water partition coefficient (Wildman–Crippen LogP) is 1.03. The summed E-state index contributed by atoms with van der Waals surface area (Å²) >= 11 is 0. The molecule has 3 N–H and O–H groups in total. The Balaban J connectivity index is 2.57. The number of piperazine rings is 1. The average molecular weight is 298 g/mol. The molecular weight excluding hydrogens is 264 g/mol. The maximum absolute atomic E-state index is 11.7. The van der Waals surface area contributed by atoms with E-state index in [4.69, 9.17) is 5.73 Å². The molecule has 5 heteroatoms. The molecule has 0 aromatic heterocycles. The second kappa shape index (κ2) is 7.07. The lowest BCUT2D eigenvalue weighted by atomic mass is 9.91. The Bertz CT molecular complexity index is 345. The van der Waals surface area contributed by atoms with Gasteiger partial charge in [-0.2, -0.15) is 0 Å². The summed E-state index contributed by atoms with van der Waals surface area (Å²) in [4.78, 5) is 16.7. The van der Waals surface area contributed by atoms with Crippen LogP contribution in [0.25, 0.3) is 0 Å². The van der Waals surface area contributed by atoms with Crippen LogP contribution >= 0.6 is 0 Å². The molecule has 1 rings (SSSR count). The summed E-state index contributed by atoms with van der Waals surface area (Å²) < 4.78 is 0. The van der Waals surface area contributed by atoms with Gasteiger partial charge >= 0.3 is 0 Å². The van der Waals surface area contributed by atoms with Crippen molar-refractivity contribution in [3.05, 3.63) is 0 Å². The molecule has 0 radical (unpaired) electrons. The second-order valence-corrected chi connectivity index (χ2v) is 7.47. The number of carbonyl (C=O) groups is 1. The van der Waals surface area contributed by atoms with Gasteiger partial charge < -0.3 is 11.1 Å². The first kappa shape index (κ1) is 18.4. The smallest absolute Gasteiger partial charge is 0.237 e. The van der Waals surface area contributed by atoms with E-state index in [1.807, 2.05) is 13.8 Å². The van der Waals surface area contributed by atoms with Crippen molar-refractivity contribution in [1.82, 2.24) is 15.1 Å². The summed E-state index contributed by atoms with van der Waals surface area (Å²) in [7, 11) is 0. The lowest BCUT2D eigenvalue weighted by molar-refractivity contribution is -0.124. The number of nitrogens with two attached hydrogens (primary N) is 1. The number of amides is 1. The molecule has 124 valence electrons. The number of likely N-dealkylation sites (N-methyl/N-ethyl adjacent to an activating group) is 1. The zero-order chi connectivity index (χ0) is 16.3. The van der Waals surface area contributed by atoms with Crippen LogP contribution in [-0.2, 0) is 4.79 Å². The summed E-state index contributed by atoms with van der Waals surface area (Å²) in [5.74, 6) is -0.260. The van der Waals surface area contributed by atoms with Crippen molar-refractivity contribution in [1.29, 1.82) is 0 Å². The zero-order valence-electron chi connectivity index (χ0n) is 14.7. The molecule has 0 aromatic rings. The number of nitrogens with one attached hydrogen (secondary N) is 1. The summed E-state index contributed by atoms with van der Waals surface area (Å²) in [5, 5.41) is 3.25. The van der Waals surface area contributed by atoms with Crippen molar-refractivity contribution in [3.63, 3.8) is 0 Å². The van der Waals surface area contributed by atoms with E-state index in [1.165, 1.54) is 0 Å². The van der Waals surface area contributed by atoms with Gasteiger partial charge in [0.05, 0.1) is 5.54 Å². The fourth-order valence-electron chi connectivity index (χ4n) is 3.20. The third kappa shape index (κ3) is 4.94. The first-order chi connectivity index (χ1) is 9.60. The Kier molecular flexibility index (Phi) is 6.20. The van der Waals surface area contributed by atoms with Gasteiger partial charge in [0.15, 0.2) is 0 Å². The molecule has 5 nitrogen and oxygen atoms in total. The minimum absolute atomic E-state index is 0.237. The van der Waals surface area contributed by atoms with Gasteiger partial charge in [-0.3, -0.25) is 14.6 Å². The summed E-state index contributed by atoms with van der Waals surface area (Å²) in [5.41, 5.74) is 5.21. The van der Waals surface area contributed by atoms with Gasteiger partial charge in [-0.1, -0.05) is 6.92 Å². The molecule has 21 heavy (non-hydrogen) atoms. The molecule has 0 saturated carbocycles. The molecule has 1 heterocycles. The summed E-state index contributed by atoms with van der Waals surface area (Å²) in [6.45, 7) is 18.0. The number of hydrogen-bond donors (Lipinski definition) is 2. The van der Waals surface area contributed by atoms with Crippen molar-refractivity contribution in [2.45, 2.75) is 65.1 Å². The molecule has 1 aliphatic rings. The Labute approximate surface area is 130 Å². The van der Waals surface area contributed by atoms with E-state index in [9.17, 15) is 4.79 Å². The van der Waals surface area contributed by atoms with E-state index < -0.39 is 5.54 Å². The van der Waals surface area contributed by atoms with Gasteiger partial charge in [0.2, 0.25) is 5.91 Å². The van der Waals surface area contributed by atoms with Crippen LogP contribution in [0.3, 0.4) is 0 Å². The lowest BCUT2D eigenvalue weighted by Gasteiger charge is -2.45. The van der Waals surface area contributed by atoms with Crippen molar-refractivity contribution in [3.8, 4) is 0 Å². The molecule has 1 aliphatic heterocycles. The van der Waals surface area contributed by atoms with Crippen molar-refractivity contribution in [2.24, 2.45) is 5.73 Å². The van der Waals surface area contributed by atoms with Gasteiger partial charge in [-0.25, -0.2) is 0 Å². The van der Waals surface area contributed by atoms with Crippen LogP contribution in [0.4, 0.5) is 0 Å². The average Bonchev–Trinajstić information content (AvgIpc) is 2.37. The van der Waals surface area contributed by atoms with Crippen molar-refractivity contribution >= 4 is 5.91 Å². The monoisotopic (exact) mass is 298 g/mol. The highest BCUT2D eigenvalue weighted by molar-refractivity contribution is 5.84. The first-order valence-corrected chi connectivity index (χ1v) is 8.14. The third-order valence-corrected chi connectivity index (χ3v) is 4.70. The van der Waals surface area contributed by atoms with Gasteiger partial charge in [0.1, 0.15) is 0 Å². The number of rotatable bonds is 6. The van der Waals surface area contributed by atoms with Crippen LogP contribution in [0, 0.1) is 0 Å². The second-order valence-electron chi connectivity index (χ2n) is 7.47. The fraction of sp³-hybridized carbons (Fsp3) is 0.938. The van der Waals surface area contributed by atoms with Crippen LogP contribution in [0.5, 0.6) is 0 Å². The van der Waals surface area contributed by atoms with E-state index in [0.29, 0.717) is 6.04 Å². The lowest BCUT2D eigenvalue weighted by Crippen LogP contribution is -2.59. The predicted molar refractivity (Wildman–Crippen MR) is 88.3 cm³/mol. The van der Waals surface area contributed by atoms with Gasteiger partial charge in [0.25, 0.3) is 0 Å². The topological polar surface area (TPSA) is 61.6 Å². The van der Waals surface area contributed by atoms with Gasteiger partial charge in [-0.15, -0.1) is 0 Å². The highest BCUT2D eigenvalue weighted by Gasteiger charge is 2.35. The molecule has 1 saturated heterocycles. The van der Waals surface area contributed by atoms with Crippen molar-refractivity contribution in [2.75, 3.05) is 32.7 Å². The van der Waals surface area contributed by atoms with Crippen LogP contribution < -0.4 is 11.1 Å². The molecule has 2 unspecified atom stereocenters. The number of hydrogen-bond acceptors (Lipinski definition) is 4. The quantitative estimate of drug-likeness (QED) is 0.769. The van der Waals surface area contributed by atoms with E-state index in [0.717, 1.165) is 39.1 Å². The molecule has 1 amide bonds. The van der Waals surface area contributed by atoms with Crippen LogP contribution in [0.2, 0.25) is 0 Å². The minimum atomic E-state index is -0.616. The van der Waals surface area contributed by atoms with Crippen molar-refractivity contribution < 1.29 is 4.79 Å². The van der Waals surface area contributed by atoms with E-state index >= 15 is 0 Å². The molecule has 0 aromatic carbocycles. The van der Waals surface area contributed by atoms with Crippen LogP contribution in [-0.4, -0.2) is 65.6 Å². The van der Waals surface area contributed by atoms with Gasteiger partial charge in [0, 0.05) is 37.8 Å². The first-order valence-electron chi connectivity index (χ1n) is 8.14. The maximum atomic E-state index is 11.7. The van der Waals surface area contributed by atoms with E-state index in [2.05, 4.69) is 42.8 Å². The largest absolute Gasteiger partial charge is 0.368 e. The Hall–Kier alpha value is -0.650. The highest BCUT2D eigenvalue weighted by atomic mass is 16.1. The fourth-order valence-corrected chi connectivity index (χ4v) is 3.20. The maximum Gasteiger partial charge on any atom is 0.237 e. The molecule has 2 atom stereocenters. The Morgan fingerprint density at radius 1 is 1.19 bits per heavy atom. The van der Waals surface area contributed by atoms with Crippen LogP contribution in [0.15, 0.2) is 0 Å². The molecule has 1 fully saturated rings. The molecular formula is C16H34N4O. The van der Waals surface area contributed by atoms with Gasteiger partial charge in [-0.05, 0) is 47.6 Å². The number of nitrogens with zero attached hydrogens (tertiary/aromatic N) is 2. The number of primary amides is 1. The van der Waals surface area contributed by atoms with E-state index in [1.54, 1.807) is 0 Å². The zero-order valence-corrected chi connectivity index (χ0v) is 14.7.